The molecule has 0 aliphatic carbocycles. The first-order chi connectivity index (χ1) is 8.60. The molecule has 2 unspecified atom stereocenters. The second kappa shape index (κ2) is 4.90. The van der Waals surface area contributed by atoms with Gasteiger partial charge in [-0.15, -0.1) is 0 Å². The summed E-state index contributed by atoms with van der Waals surface area (Å²) < 4.78 is 9.99. The van der Waals surface area contributed by atoms with E-state index in [9.17, 15) is 9.59 Å². The summed E-state index contributed by atoms with van der Waals surface area (Å²) in [5.41, 5.74) is 1.52. The van der Waals surface area contributed by atoms with Crippen LogP contribution in [-0.4, -0.2) is 25.5 Å². The van der Waals surface area contributed by atoms with Crippen LogP contribution in [0.1, 0.15) is 24.5 Å². The van der Waals surface area contributed by atoms with Crippen molar-refractivity contribution in [1.82, 2.24) is 0 Å². The van der Waals surface area contributed by atoms with E-state index in [1.807, 2.05) is 31.2 Å². The Kier molecular flexibility index (Phi) is 3.48. The maximum Gasteiger partial charge on any atom is 0.305 e. The van der Waals surface area contributed by atoms with E-state index in [4.69, 9.17) is 4.74 Å². The summed E-state index contributed by atoms with van der Waals surface area (Å²) in [4.78, 5) is 21.8. The van der Waals surface area contributed by atoms with Crippen LogP contribution in [0, 0.1) is 0 Å². The van der Waals surface area contributed by atoms with Crippen molar-refractivity contribution in [2.24, 2.45) is 0 Å². The topological polar surface area (TPSA) is 55.9 Å². The fraction of sp³-hybridized carbons (Fsp3) is 0.429. The smallest absolute Gasteiger partial charge is 0.305 e. The minimum Gasteiger partial charge on any atom is -0.469 e. The number of hydrogen-bond donors (Lipinski definition) is 0. The van der Waals surface area contributed by atoms with Gasteiger partial charge in [-0.25, -0.2) is 0 Å². The van der Waals surface area contributed by atoms with Crippen molar-refractivity contribution < 1.29 is 19.1 Å². The number of methoxy groups -OCH3 is 1. The van der Waals surface area contributed by atoms with Crippen LogP contribution in [0.4, 0.5) is 0 Å². The van der Waals surface area contributed by atoms with E-state index < -0.39 is 5.60 Å². The number of benzene rings is 1. The van der Waals surface area contributed by atoms with E-state index in [1.54, 1.807) is 0 Å². The van der Waals surface area contributed by atoms with Gasteiger partial charge in [0.1, 0.15) is 11.7 Å². The summed E-state index contributed by atoms with van der Waals surface area (Å²) in [5, 5.41) is 0. The summed E-state index contributed by atoms with van der Waals surface area (Å²) in [5.74, 6) is -0.222. The maximum absolute atomic E-state index is 11.1. The molecule has 0 aromatic heterocycles. The van der Waals surface area contributed by atoms with Crippen molar-refractivity contribution in [2.45, 2.75) is 31.5 Å². The molecule has 0 amide bonds. The molecule has 4 nitrogen and oxygen atoms in total. The van der Waals surface area contributed by atoms with Gasteiger partial charge in [-0.2, -0.15) is 0 Å². The molecule has 0 bridgehead atoms. The van der Waals surface area contributed by atoms with Crippen LogP contribution in [0.15, 0.2) is 24.3 Å². The van der Waals surface area contributed by atoms with Crippen molar-refractivity contribution in [3.63, 3.8) is 0 Å². The number of esters is 1. The molecular weight excluding hydrogens is 232 g/mol. The lowest BCUT2D eigenvalue weighted by Gasteiger charge is -2.08. The summed E-state index contributed by atoms with van der Waals surface area (Å²) in [6.07, 6.45) is 1.45. The number of carbonyl (C=O) groups excluding carboxylic acids is 2. The lowest BCUT2D eigenvalue weighted by Crippen LogP contribution is -2.09. The van der Waals surface area contributed by atoms with Crippen LogP contribution in [-0.2, 0) is 31.1 Å². The van der Waals surface area contributed by atoms with Gasteiger partial charge in [0.05, 0.1) is 7.11 Å². The van der Waals surface area contributed by atoms with Crippen molar-refractivity contribution in [2.75, 3.05) is 7.11 Å². The van der Waals surface area contributed by atoms with Gasteiger partial charge in [0, 0.05) is 6.42 Å². The molecule has 1 aromatic carbocycles. The minimum absolute atomic E-state index is 0.222. The van der Waals surface area contributed by atoms with Crippen molar-refractivity contribution in [3.8, 4) is 0 Å². The molecule has 1 fully saturated rings. The van der Waals surface area contributed by atoms with Crippen LogP contribution in [0.2, 0.25) is 0 Å². The molecule has 0 spiro atoms. The molecule has 1 aliphatic rings. The molecule has 4 heteroatoms. The molecule has 0 N–H and O–H groups in total. The molecule has 1 aliphatic heterocycles. The molecule has 2 atom stereocenters. The third kappa shape index (κ3) is 2.43. The van der Waals surface area contributed by atoms with Crippen LogP contribution < -0.4 is 0 Å². The van der Waals surface area contributed by atoms with Crippen LogP contribution in [0.5, 0.6) is 0 Å². The fourth-order valence-corrected chi connectivity index (χ4v) is 2.00. The Morgan fingerprint density at radius 3 is 2.94 bits per heavy atom. The van der Waals surface area contributed by atoms with Crippen molar-refractivity contribution in [1.29, 1.82) is 0 Å². The zero-order chi connectivity index (χ0) is 13.2. The zero-order valence-electron chi connectivity index (χ0n) is 10.5. The first-order valence-electron chi connectivity index (χ1n) is 5.89. The highest BCUT2D eigenvalue weighted by atomic mass is 16.6. The molecule has 18 heavy (non-hydrogen) atoms. The standard InChI is InChI=1S/C14H16O4/c1-14(12(9-15)18-14)11-5-3-4-10(8-11)6-7-13(16)17-2/h3-5,8-9,12H,6-7H2,1-2H3. The fourth-order valence-electron chi connectivity index (χ4n) is 2.00. The summed E-state index contributed by atoms with van der Waals surface area (Å²) in [7, 11) is 1.38. The van der Waals surface area contributed by atoms with Crippen LogP contribution >= 0.6 is 0 Å². The number of aldehydes is 1. The zero-order valence-corrected chi connectivity index (χ0v) is 10.5. The third-order valence-corrected chi connectivity index (χ3v) is 3.33. The third-order valence-electron chi connectivity index (χ3n) is 3.33. The van der Waals surface area contributed by atoms with E-state index in [2.05, 4.69) is 4.74 Å². The lowest BCUT2D eigenvalue weighted by atomic mass is 9.95. The number of carbonyl (C=O) groups is 2. The van der Waals surface area contributed by atoms with E-state index in [0.29, 0.717) is 12.8 Å². The van der Waals surface area contributed by atoms with E-state index in [0.717, 1.165) is 17.4 Å². The van der Waals surface area contributed by atoms with Gasteiger partial charge in [-0.3, -0.25) is 4.79 Å². The molecule has 0 radical (unpaired) electrons. The Morgan fingerprint density at radius 1 is 1.56 bits per heavy atom. The number of ether oxygens (including phenoxy) is 2. The van der Waals surface area contributed by atoms with E-state index >= 15 is 0 Å². The molecule has 1 aromatic rings. The van der Waals surface area contributed by atoms with Crippen molar-refractivity contribution in [3.05, 3.63) is 35.4 Å². The van der Waals surface area contributed by atoms with Crippen LogP contribution in [0.25, 0.3) is 0 Å². The molecule has 1 saturated heterocycles. The molecular formula is C14H16O4. The predicted molar refractivity (Wildman–Crippen MR) is 65.1 cm³/mol. The number of epoxide rings is 1. The number of hydrogen-bond acceptors (Lipinski definition) is 4. The predicted octanol–water partition coefficient (Wildman–Crippen LogP) is 1.61. The number of aryl methyl sites for hydroxylation is 1. The Bertz CT molecular complexity index is 469. The summed E-state index contributed by atoms with van der Waals surface area (Å²) in [6, 6.07) is 7.78. The average molecular weight is 248 g/mol. The lowest BCUT2D eigenvalue weighted by molar-refractivity contribution is -0.140. The second-order valence-corrected chi connectivity index (χ2v) is 4.56. The first-order valence-corrected chi connectivity index (χ1v) is 5.89. The summed E-state index contributed by atoms with van der Waals surface area (Å²) >= 11 is 0. The molecule has 96 valence electrons. The van der Waals surface area contributed by atoms with Gasteiger partial charge < -0.3 is 14.3 Å². The van der Waals surface area contributed by atoms with Gasteiger partial charge in [-0.1, -0.05) is 24.3 Å². The first kappa shape index (κ1) is 12.8. The van der Waals surface area contributed by atoms with Gasteiger partial charge in [0.15, 0.2) is 6.29 Å². The second-order valence-electron chi connectivity index (χ2n) is 4.56. The Labute approximate surface area is 106 Å². The number of rotatable bonds is 5. The van der Waals surface area contributed by atoms with E-state index in [-0.39, 0.29) is 12.1 Å². The average Bonchev–Trinajstić information content (AvgIpc) is 3.09. The molecule has 1 heterocycles. The normalized spacial score (nSPS) is 25.6. The van der Waals surface area contributed by atoms with Gasteiger partial charge in [-0.05, 0) is 24.5 Å². The highest BCUT2D eigenvalue weighted by Gasteiger charge is 2.53. The highest BCUT2D eigenvalue weighted by Crippen LogP contribution is 2.44. The molecule has 2 rings (SSSR count). The van der Waals surface area contributed by atoms with Gasteiger partial charge in [0.2, 0.25) is 0 Å². The SMILES string of the molecule is COC(=O)CCc1cccc(C2(C)OC2C=O)c1. The van der Waals surface area contributed by atoms with E-state index in [1.165, 1.54) is 7.11 Å². The quantitative estimate of drug-likeness (QED) is 0.451. The van der Waals surface area contributed by atoms with Gasteiger partial charge >= 0.3 is 5.97 Å². The Hall–Kier alpha value is -1.68. The maximum atomic E-state index is 11.1. The Morgan fingerprint density at radius 2 is 2.33 bits per heavy atom. The largest absolute Gasteiger partial charge is 0.469 e. The van der Waals surface area contributed by atoms with Crippen LogP contribution in [0.3, 0.4) is 0 Å². The minimum atomic E-state index is -0.497. The van der Waals surface area contributed by atoms with Crippen molar-refractivity contribution >= 4 is 12.3 Å². The van der Waals surface area contributed by atoms with Gasteiger partial charge in [0.25, 0.3) is 0 Å². The Balaban J connectivity index is 2.07. The monoisotopic (exact) mass is 248 g/mol. The highest BCUT2D eigenvalue weighted by molar-refractivity contribution is 5.69. The molecule has 0 saturated carbocycles. The summed E-state index contributed by atoms with van der Waals surface area (Å²) in [6.45, 7) is 1.89.